The number of aryl methyl sites for hydroxylation is 1. The largest absolute Gasteiger partial charge is 0.493 e. The molecule has 122 valence electrons. The van der Waals surface area contributed by atoms with Gasteiger partial charge < -0.3 is 19.5 Å². The highest BCUT2D eigenvalue weighted by Gasteiger charge is 2.30. The van der Waals surface area contributed by atoms with Crippen molar-refractivity contribution in [3.63, 3.8) is 0 Å². The molecule has 21 heavy (non-hydrogen) atoms. The molecule has 0 saturated heterocycles. The van der Waals surface area contributed by atoms with E-state index in [9.17, 15) is 0 Å². The van der Waals surface area contributed by atoms with Gasteiger partial charge in [-0.25, -0.2) is 0 Å². The third-order valence-electron chi connectivity index (χ3n) is 3.21. The van der Waals surface area contributed by atoms with Gasteiger partial charge in [0, 0.05) is 19.8 Å². The van der Waals surface area contributed by atoms with Crippen LogP contribution in [-0.4, -0.2) is 42.9 Å². The van der Waals surface area contributed by atoms with Gasteiger partial charge in [-0.05, 0) is 33.7 Å². The Morgan fingerprint density at radius 2 is 1.86 bits per heavy atom. The monoisotopic (exact) mass is 299 g/mol. The molecule has 6 heteroatoms. The molecule has 1 aromatic heterocycles. The number of nitrogens with one attached hydrogen (secondary N) is 1. The second-order valence-electron chi connectivity index (χ2n) is 4.62. The lowest BCUT2D eigenvalue weighted by Gasteiger charge is -2.28. The zero-order valence-electron chi connectivity index (χ0n) is 13.9. The van der Waals surface area contributed by atoms with Gasteiger partial charge in [0.15, 0.2) is 12.0 Å². The van der Waals surface area contributed by atoms with E-state index in [1.54, 1.807) is 13.3 Å². The van der Waals surface area contributed by atoms with Crippen molar-refractivity contribution in [2.75, 3.05) is 26.9 Å². The van der Waals surface area contributed by atoms with Crippen LogP contribution in [0.4, 0.5) is 0 Å². The first-order valence-corrected chi connectivity index (χ1v) is 7.79. The molecule has 1 N–H and O–H groups in total. The van der Waals surface area contributed by atoms with Crippen molar-refractivity contribution < 1.29 is 14.2 Å². The SMILES string of the molecule is CCCNC(c1c(OC)cnn1CC)C(OCC)OCC. The van der Waals surface area contributed by atoms with Crippen LogP contribution in [0.3, 0.4) is 0 Å². The molecule has 0 spiro atoms. The van der Waals surface area contributed by atoms with Crippen molar-refractivity contribution in [2.24, 2.45) is 0 Å². The Kier molecular flexibility index (Phi) is 8.34. The van der Waals surface area contributed by atoms with Gasteiger partial charge in [-0.3, -0.25) is 4.68 Å². The van der Waals surface area contributed by atoms with Gasteiger partial charge >= 0.3 is 0 Å². The third kappa shape index (κ3) is 4.69. The molecule has 1 rings (SSSR count). The number of ether oxygens (including phenoxy) is 3. The Bertz CT molecular complexity index is 368. The Hall–Kier alpha value is -1.11. The summed E-state index contributed by atoms with van der Waals surface area (Å²) in [6.07, 6.45) is 2.42. The van der Waals surface area contributed by atoms with E-state index in [1.807, 2.05) is 18.5 Å². The first kappa shape index (κ1) is 17.9. The first-order valence-electron chi connectivity index (χ1n) is 7.79. The minimum atomic E-state index is -0.359. The minimum Gasteiger partial charge on any atom is -0.493 e. The van der Waals surface area contributed by atoms with E-state index < -0.39 is 0 Å². The molecule has 0 aliphatic rings. The topological polar surface area (TPSA) is 57.5 Å². The normalized spacial score (nSPS) is 12.9. The van der Waals surface area contributed by atoms with Gasteiger partial charge in [0.05, 0.1) is 13.3 Å². The van der Waals surface area contributed by atoms with E-state index in [4.69, 9.17) is 14.2 Å². The molecule has 0 aromatic carbocycles. The highest BCUT2D eigenvalue weighted by Crippen LogP contribution is 2.29. The molecule has 1 heterocycles. The van der Waals surface area contributed by atoms with Crippen LogP contribution in [0.5, 0.6) is 5.75 Å². The summed E-state index contributed by atoms with van der Waals surface area (Å²) >= 11 is 0. The Balaban J connectivity index is 3.12. The predicted octanol–water partition coefficient (Wildman–Crippen LogP) is 2.35. The van der Waals surface area contributed by atoms with E-state index in [2.05, 4.69) is 24.3 Å². The van der Waals surface area contributed by atoms with Crippen molar-refractivity contribution >= 4 is 0 Å². The van der Waals surface area contributed by atoms with Crippen molar-refractivity contribution in [1.29, 1.82) is 0 Å². The molecule has 0 saturated carbocycles. The number of methoxy groups -OCH3 is 1. The molecular formula is C15H29N3O3. The van der Waals surface area contributed by atoms with Crippen LogP contribution < -0.4 is 10.1 Å². The quantitative estimate of drug-likeness (QED) is 0.636. The van der Waals surface area contributed by atoms with Crippen LogP contribution in [0, 0.1) is 0 Å². The maximum Gasteiger partial charge on any atom is 0.178 e. The van der Waals surface area contributed by atoms with E-state index >= 15 is 0 Å². The fourth-order valence-electron chi connectivity index (χ4n) is 2.29. The lowest BCUT2D eigenvalue weighted by molar-refractivity contribution is -0.156. The summed E-state index contributed by atoms with van der Waals surface area (Å²) in [5.74, 6) is 0.759. The summed E-state index contributed by atoms with van der Waals surface area (Å²) in [4.78, 5) is 0. The molecule has 0 aliphatic carbocycles. The van der Waals surface area contributed by atoms with Gasteiger partial charge in [0.2, 0.25) is 0 Å². The summed E-state index contributed by atoms with van der Waals surface area (Å²) in [6.45, 7) is 11.0. The third-order valence-corrected chi connectivity index (χ3v) is 3.21. The number of nitrogens with zero attached hydrogens (tertiary/aromatic N) is 2. The molecule has 0 amide bonds. The first-order chi connectivity index (χ1) is 10.2. The summed E-state index contributed by atoms with van der Waals surface area (Å²) in [6, 6.07) is -0.109. The maximum atomic E-state index is 5.78. The van der Waals surface area contributed by atoms with Crippen molar-refractivity contribution in [3.05, 3.63) is 11.9 Å². The second-order valence-corrected chi connectivity index (χ2v) is 4.62. The average Bonchev–Trinajstić information content (AvgIpc) is 2.91. The number of aromatic nitrogens is 2. The lowest BCUT2D eigenvalue weighted by atomic mass is 10.1. The molecule has 1 atom stereocenters. The van der Waals surface area contributed by atoms with Crippen LogP contribution in [0.2, 0.25) is 0 Å². The molecule has 0 aliphatic heterocycles. The second kappa shape index (κ2) is 9.76. The smallest absolute Gasteiger partial charge is 0.178 e. The number of hydrogen-bond acceptors (Lipinski definition) is 5. The molecular weight excluding hydrogens is 270 g/mol. The fraction of sp³-hybridized carbons (Fsp3) is 0.800. The summed E-state index contributed by atoms with van der Waals surface area (Å²) in [5.41, 5.74) is 0.973. The Morgan fingerprint density at radius 3 is 2.33 bits per heavy atom. The Labute approximate surface area is 127 Å². The summed E-state index contributed by atoms with van der Waals surface area (Å²) in [7, 11) is 1.66. The lowest BCUT2D eigenvalue weighted by Crippen LogP contribution is -2.38. The van der Waals surface area contributed by atoms with E-state index in [0.29, 0.717) is 13.2 Å². The molecule has 0 radical (unpaired) electrons. The molecule has 1 aromatic rings. The van der Waals surface area contributed by atoms with Gasteiger partial charge in [-0.15, -0.1) is 0 Å². The summed E-state index contributed by atoms with van der Waals surface area (Å²) < 4.78 is 19.0. The average molecular weight is 299 g/mol. The molecule has 0 bridgehead atoms. The maximum absolute atomic E-state index is 5.78. The predicted molar refractivity (Wildman–Crippen MR) is 82.5 cm³/mol. The highest BCUT2D eigenvalue weighted by atomic mass is 16.7. The fourth-order valence-corrected chi connectivity index (χ4v) is 2.29. The van der Waals surface area contributed by atoms with E-state index in [1.165, 1.54) is 0 Å². The standard InChI is InChI=1S/C15H29N3O3/c1-6-10-16-13(15(20-8-3)21-9-4)14-12(19-5)11-17-18(14)7-2/h11,13,15-16H,6-10H2,1-5H3. The van der Waals surface area contributed by atoms with Gasteiger partial charge in [0.25, 0.3) is 0 Å². The van der Waals surface area contributed by atoms with Crippen molar-refractivity contribution in [2.45, 2.75) is 53.0 Å². The molecule has 1 unspecified atom stereocenters. The van der Waals surface area contributed by atoms with Gasteiger partial charge in [-0.1, -0.05) is 6.92 Å². The zero-order valence-corrected chi connectivity index (χ0v) is 13.9. The number of rotatable bonds is 11. The highest BCUT2D eigenvalue weighted by molar-refractivity contribution is 5.29. The molecule has 6 nitrogen and oxygen atoms in total. The van der Waals surface area contributed by atoms with Crippen LogP contribution in [0.1, 0.15) is 45.9 Å². The van der Waals surface area contributed by atoms with Gasteiger partial charge in [-0.2, -0.15) is 5.10 Å². The van der Waals surface area contributed by atoms with E-state index in [0.717, 1.165) is 31.0 Å². The summed E-state index contributed by atoms with van der Waals surface area (Å²) in [5, 5.41) is 7.88. The van der Waals surface area contributed by atoms with Crippen LogP contribution in [0.15, 0.2) is 6.20 Å². The Morgan fingerprint density at radius 1 is 1.19 bits per heavy atom. The molecule has 0 fully saturated rings. The zero-order chi connectivity index (χ0) is 15.7. The van der Waals surface area contributed by atoms with Crippen LogP contribution in [-0.2, 0) is 16.0 Å². The van der Waals surface area contributed by atoms with Crippen molar-refractivity contribution in [3.8, 4) is 5.75 Å². The van der Waals surface area contributed by atoms with E-state index in [-0.39, 0.29) is 12.3 Å². The van der Waals surface area contributed by atoms with Crippen LogP contribution >= 0.6 is 0 Å². The van der Waals surface area contributed by atoms with Crippen molar-refractivity contribution in [1.82, 2.24) is 15.1 Å². The number of hydrogen-bond donors (Lipinski definition) is 1. The minimum absolute atomic E-state index is 0.109. The van der Waals surface area contributed by atoms with Gasteiger partial charge in [0.1, 0.15) is 11.7 Å². The van der Waals surface area contributed by atoms with Crippen LogP contribution in [0.25, 0.3) is 0 Å².